The Morgan fingerprint density at radius 1 is 0.480 bits per heavy atom. The van der Waals surface area contributed by atoms with Crippen molar-refractivity contribution in [2.45, 2.75) is 245 Å². The van der Waals surface area contributed by atoms with Crippen LogP contribution in [0.4, 0.5) is 0 Å². The van der Waals surface area contributed by atoms with E-state index in [0.29, 0.717) is 19.6 Å². The number of unbranched alkanes of at least 4 members (excludes halogenated alkanes) is 30. The van der Waals surface area contributed by atoms with Crippen LogP contribution in [0.2, 0.25) is 0 Å². The highest BCUT2D eigenvalue weighted by molar-refractivity contribution is 5.69. The molecule has 0 aromatic rings. The Balaban J connectivity index is 3.39. The summed E-state index contributed by atoms with van der Waals surface area (Å²) in [6, 6.07) is 0. The van der Waals surface area contributed by atoms with Crippen molar-refractivity contribution in [3.05, 3.63) is 24.3 Å². The van der Waals surface area contributed by atoms with Crippen LogP contribution in [0.5, 0.6) is 0 Å². The van der Waals surface area contributed by atoms with Gasteiger partial charge in [-0.2, -0.15) is 0 Å². The molecule has 50 heavy (non-hydrogen) atoms. The molecule has 0 aliphatic rings. The minimum atomic E-state index is -0.534. The largest absolute Gasteiger partial charge is 0.457 e. The number of aliphatic hydroxyl groups excluding tert-OH is 1. The van der Waals surface area contributed by atoms with Gasteiger partial charge in [-0.3, -0.25) is 4.79 Å². The Hall–Kier alpha value is -1.13. The van der Waals surface area contributed by atoms with Crippen molar-refractivity contribution in [2.75, 3.05) is 19.8 Å². The van der Waals surface area contributed by atoms with Crippen LogP contribution < -0.4 is 0 Å². The summed E-state index contributed by atoms with van der Waals surface area (Å²) in [6.45, 7) is 5.36. The molecule has 0 heterocycles. The summed E-state index contributed by atoms with van der Waals surface area (Å²) in [6.07, 6.45) is 53.8. The van der Waals surface area contributed by atoms with Gasteiger partial charge in [-0.1, -0.05) is 212 Å². The topological polar surface area (TPSA) is 55.8 Å². The fourth-order valence-electron chi connectivity index (χ4n) is 6.65. The number of hydrogen-bond donors (Lipinski definition) is 1. The molecule has 4 heteroatoms. The Labute approximate surface area is 313 Å². The lowest BCUT2D eigenvalue weighted by Crippen LogP contribution is -2.27. The predicted octanol–water partition coefficient (Wildman–Crippen LogP) is 14.7. The second-order valence-corrected chi connectivity index (χ2v) is 15.1. The van der Waals surface area contributed by atoms with Gasteiger partial charge in [0.15, 0.2) is 0 Å². The maximum Gasteiger partial charge on any atom is 0.306 e. The molecule has 0 saturated heterocycles. The van der Waals surface area contributed by atoms with Gasteiger partial charge in [-0.05, 0) is 44.9 Å². The van der Waals surface area contributed by atoms with Crippen LogP contribution in [0.3, 0.4) is 0 Å². The summed E-state index contributed by atoms with van der Waals surface area (Å²) < 4.78 is 11.2. The molecule has 0 spiro atoms. The molecule has 296 valence electrons. The zero-order valence-electron chi connectivity index (χ0n) is 33.9. The minimum Gasteiger partial charge on any atom is -0.457 e. The van der Waals surface area contributed by atoms with Crippen molar-refractivity contribution >= 4 is 5.97 Å². The van der Waals surface area contributed by atoms with Crippen molar-refractivity contribution in [1.82, 2.24) is 0 Å². The third-order valence-corrected chi connectivity index (χ3v) is 10.0. The van der Waals surface area contributed by atoms with E-state index in [4.69, 9.17) is 9.47 Å². The molecule has 0 rings (SSSR count). The maximum atomic E-state index is 12.2. The number of rotatable bonds is 42. The molecular weight excluding hydrogens is 617 g/mol. The number of allylic oxidation sites excluding steroid dienone is 4. The van der Waals surface area contributed by atoms with Crippen molar-refractivity contribution < 1.29 is 19.4 Å². The molecule has 0 saturated carbocycles. The van der Waals surface area contributed by atoms with E-state index < -0.39 is 6.10 Å². The highest BCUT2D eigenvalue weighted by Crippen LogP contribution is 2.15. The first-order chi connectivity index (χ1) is 24.7. The minimum absolute atomic E-state index is 0.171. The summed E-state index contributed by atoms with van der Waals surface area (Å²) in [7, 11) is 0. The highest BCUT2D eigenvalue weighted by Gasteiger charge is 2.13. The maximum absolute atomic E-state index is 12.2. The Kier molecular flexibility index (Phi) is 43.0. The fourth-order valence-corrected chi connectivity index (χ4v) is 6.65. The first-order valence-electron chi connectivity index (χ1n) is 22.4. The van der Waals surface area contributed by atoms with Crippen molar-refractivity contribution in [3.63, 3.8) is 0 Å². The lowest BCUT2D eigenvalue weighted by molar-refractivity contribution is -0.154. The van der Waals surface area contributed by atoms with Crippen LogP contribution in [0.15, 0.2) is 24.3 Å². The third kappa shape index (κ3) is 41.3. The highest BCUT2D eigenvalue weighted by atomic mass is 16.6. The molecule has 0 aromatic heterocycles. The van der Waals surface area contributed by atoms with Gasteiger partial charge < -0.3 is 14.6 Å². The summed E-state index contributed by atoms with van der Waals surface area (Å²) >= 11 is 0. The summed E-state index contributed by atoms with van der Waals surface area (Å²) in [5.41, 5.74) is 0. The normalized spacial score (nSPS) is 12.5. The quantitative estimate of drug-likeness (QED) is 0.0390. The molecule has 1 atom stereocenters. The molecule has 1 unspecified atom stereocenters. The zero-order valence-corrected chi connectivity index (χ0v) is 33.9. The van der Waals surface area contributed by atoms with E-state index in [9.17, 15) is 9.90 Å². The molecule has 0 aromatic carbocycles. The first kappa shape index (κ1) is 48.9. The standard InChI is InChI=1S/C46H88O4/c1-3-5-7-9-11-13-15-17-19-21-23-24-26-28-30-32-34-36-38-40-42-49-44-45(43-47)50-46(48)41-39-37-35-33-31-29-27-25-22-20-18-16-14-12-10-8-6-4-2/h14,16,20,22,45,47H,3-13,15,17-19,21,23-44H2,1-2H3/b16-14-,22-20-. The van der Waals surface area contributed by atoms with Crippen LogP contribution in [-0.4, -0.2) is 37.0 Å². The van der Waals surface area contributed by atoms with Crippen molar-refractivity contribution in [1.29, 1.82) is 0 Å². The number of aliphatic hydroxyl groups is 1. The Bertz CT molecular complexity index is 702. The third-order valence-electron chi connectivity index (χ3n) is 10.0. The summed E-state index contributed by atoms with van der Waals surface area (Å²) in [5, 5.41) is 9.61. The molecule has 0 amide bonds. The molecule has 1 N–H and O–H groups in total. The molecule has 0 aliphatic heterocycles. The van der Waals surface area contributed by atoms with Crippen LogP contribution in [-0.2, 0) is 14.3 Å². The first-order valence-corrected chi connectivity index (χ1v) is 22.4. The van der Waals surface area contributed by atoms with Crippen molar-refractivity contribution in [2.24, 2.45) is 0 Å². The molecule has 0 radical (unpaired) electrons. The Morgan fingerprint density at radius 2 is 0.840 bits per heavy atom. The van der Waals surface area contributed by atoms with Crippen LogP contribution in [0.1, 0.15) is 239 Å². The van der Waals surface area contributed by atoms with Gasteiger partial charge in [0.1, 0.15) is 6.10 Å². The second-order valence-electron chi connectivity index (χ2n) is 15.1. The molecule has 4 nitrogen and oxygen atoms in total. The van der Waals surface area contributed by atoms with E-state index in [0.717, 1.165) is 25.7 Å². The molecular formula is C46H88O4. The molecule has 0 fully saturated rings. The second kappa shape index (κ2) is 44.0. The van der Waals surface area contributed by atoms with E-state index in [1.54, 1.807) is 0 Å². The van der Waals surface area contributed by atoms with E-state index in [1.165, 1.54) is 193 Å². The predicted molar refractivity (Wildman–Crippen MR) is 219 cm³/mol. The average molecular weight is 705 g/mol. The van der Waals surface area contributed by atoms with E-state index >= 15 is 0 Å². The van der Waals surface area contributed by atoms with Gasteiger partial charge in [0.2, 0.25) is 0 Å². The Morgan fingerprint density at radius 3 is 1.26 bits per heavy atom. The van der Waals surface area contributed by atoms with E-state index in [2.05, 4.69) is 38.2 Å². The van der Waals surface area contributed by atoms with Crippen molar-refractivity contribution in [3.8, 4) is 0 Å². The number of ether oxygens (including phenoxy) is 2. The number of hydrogen-bond acceptors (Lipinski definition) is 4. The number of carbonyl (C=O) groups excluding carboxylic acids is 1. The zero-order chi connectivity index (χ0) is 36.3. The fraction of sp³-hybridized carbons (Fsp3) is 0.891. The van der Waals surface area contributed by atoms with Gasteiger partial charge in [-0.25, -0.2) is 0 Å². The van der Waals surface area contributed by atoms with Gasteiger partial charge in [-0.15, -0.1) is 0 Å². The van der Waals surface area contributed by atoms with Gasteiger partial charge >= 0.3 is 5.97 Å². The lowest BCUT2D eigenvalue weighted by atomic mass is 10.0. The smallest absolute Gasteiger partial charge is 0.306 e. The van der Waals surface area contributed by atoms with Crippen LogP contribution in [0, 0.1) is 0 Å². The van der Waals surface area contributed by atoms with E-state index in [1.807, 2.05) is 0 Å². The van der Waals surface area contributed by atoms with E-state index in [-0.39, 0.29) is 12.6 Å². The molecule has 0 aliphatic carbocycles. The SMILES string of the molecule is CCCCCC/C=C\C/C=C\CCCCCCCCCC(=O)OC(CO)COCCCCCCCCCCCCCCCCCCCCCC. The van der Waals surface area contributed by atoms with Gasteiger partial charge in [0, 0.05) is 13.0 Å². The van der Waals surface area contributed by atoms with Crippen LogP contribution >= 0.6 is 0 Å². The number of esters is 1. The lowest BCUT2D eigenvalue weighted by Gasteiger charge is -2.16. The van der Waals surface area contributed by atoms with Gasteiger partial charge in [0.05, 0.1) is 13.2 Å². The summed E-state index contributed by atoms with van der Waals surface area (Å²) in [4.78, 5) is 12.2. The molecule has 0 bridgehead atoms. The summed E-state index contributed by atoms with van der Waals surface area (Å²) in [5.74, 6) is -0.204. The van der Waals surface area contributed by atoms with Crippen LogP contribution in [0.25, 0.3) is 0 Å². The number of carbonyl (C=O) groups is 1. The van der Waals surface area contributed by atoms with Gasteiger partial charge in [0.25, 0.3) is 0 Å². The average Bonchev–Trinajstić information content (AvgIpc) is 3.12. The monoisotopic (exact) mass is 705 g/mol.